The van der Waals surface area contributed by atoms with Crippen LogP contribution in [0, 0.1) is 52.3 Å². The van der Waals surface area contributed by atoms with Gasteiger partial charge in [-0.25, -0.2) is 0 Å². The van der Waals surface area contributed by atoms with Crippen molar-refractivity contribution in [2.45, 2.75) is 72.3 Å². The van der Waals surface area contributed by atoms with Crippen LogP contribution in [0.2, 0.25) is 0 Å². The Morgan fingerprint density at radius 3 is 2.30 bits per heavy atom. The average Bonchev–Trinajstić information content (AvgIpc) is 3.45. The minimum absolute atomic E-state index is 0.0338. The highest BCUT2D eigenvalue weighted by molar-refractivity contribution is 5.76. The molecule has 4 aliphatic carbocycles. The molecule has 8 atom stereocenters. The highest BCUT2D eigenvalue weighted by Gasteiger charge is 2.66. The molecule has 4 bridgehead atoms. The number of rotatable bonds is 7. The summed E-state index contributed by atoms with van der Waals surface area (Å²) in [7, 11) is 0. The summed E-state index contributed by atoms with van der Waals surface area (Å²) in [6, 6.07) is 0. The molecule has 5 rings (SSSR count). The molecular formula is C25H38O5. The molecule has 5 heteroatoms. The van der Waals surface area contributed by atoms with Gasteiger partial charge in [-0.2, -0.15) is 0 Å². The molecule has 5 aliphatic rings. The van der Waals surface area contributed by atoms with Crippen molar-refractivity contribution in [1.29, 1.82) is 0 Å². The van der Waals surface area contributed by atoms with Crippen molar-refractivity contribution in [3.05, 3.63) is 0 Å². The Morgan fingerprint density at radius 1 is 1.00 bits per heavy atom. The molecule has 168 valence electrons. The lowest BCUT2D eigenvalue weighted by Crippen LogP contribution is -2.47. The Bertz CT molecular complexity index is 705. The normalized spacial score (nSPS) is 42.7. The van der Waals surface area contributed by atoms with Crippen LogP contribution in [0.3, 0.4) is 0 Å². The average molecular weight is 419 g/mol. The maximum Gasteiger partial charge on any atom is 0.311 e. The number of esters is 2. The maximum atomic E-state index is 13.0. The smallest absolute Gasteiger partial charge is 0.311 e. The fourth-order valence-electron chi connectivity index (χ4n) is 7.50. The first-order chi connectivity index (χ1) is 14.3. The summed E-state index contributed by atoms with van der Waals surface area (Å²) in [5, 5.41) is 0. The summed E-state index contributed by atoms with van der Waals surface area (Å²) in [4.78, 5) is 25.6. The fourth-order valence-corrected chi connectivity index (χ4v) is 7.50. The molecule has 5 fully saturated rings. The topological polar surface area (TPSA) is 61.8 Å². The van der Waals surface area contributed by atoms with Crippen molar-refractivity contribution in [1.82, 2.24) is 0 Å². The first kappa shape index (κ1) is 20.8. The van der Waals surface area contributed by atoms with Gasteiger partial charge in [-0.3, -0.25) is 9.59 Å². The Hall–Kier alpha value is -1.10. The highest BCUT2D eigenvalue weighted by atomic mass is 16.6. The van der Waals surface area contributed by atoms with E-state index in [1.54, 1.807) is 0 Å². The molecule has 0 amide bonds. The van der Waals surface area contributed by atoms with E-state index in [1.807, 2.05) is 20.8 Å². The summed E-state index contributed by atoms with van der Waals surface area (Å²) < 4.78 is 17.3. The lowest BCUT2D eigenvalue weighted by atomic mass is 9.66. The molecule has 1 saturated heterocycles. The van der Waals surface area contributed by atoms with Gasteiger partial charge in [0.2, 0.25) is 0 Å². The van der Waals surface area contributed by atoms with E-state index >= 15 is 0 Å². The minimum atomic E-state index is -0.397. The Kier molecular flexibility index (Phi) is 5.00. The zero-order chi connectivity index (χ0) is 21.3. The van der Waals surface area contributed by atoms with Gasteiger partial charge in [0, 0.05) is 0 Å². The van der Waals surface area contributed by atoms with Crippen LogP contribution < -0.4 is 0 Å². The van der Waals surface area contributed by atoms with E-state index in [9.17, 15) is 9.59 Å². The number of fused-ring (bicyclic) bond motifs is 9. The first-order valence-electron chi connectivity index (χ1n) is 12.2. The van der Waals surface area contributed by atoms with Crippen LogP contribution in [-0.4, -0.2) is 37.9 Å². The summed E-state index contributed by atoms with van der Waals surface area (Å²) >= 11 is 0. The number of carbonyl (C=O) groups is 2. The van der Waals surface area contributed by atoms with E-state index in [1.165, 1.54) is 12.8 Å². The van der Waals surface area contributed by atoms with E-state index in [2.05, 4.69) is 6.92 Å². The predicted molar refractivity (Wildman–Crippen MR) is 111 cm³/mol. The molecule has 5 nitrogen and oxygen atoms in total. The second kappa shape index (κ2) is 7.21. The van der Waals surface area contributed by atoms with Crippen molar-refractivity contribution in [3.63, 3.8) is 0 Å². The zero-order valence-electron chi connectivity index (χ0n) is 19.0. The van der Waals surface area contributed by atoms with Crippen LogP contribution in [0.25, 0.3) is 0 Å². The Labute approximate surface area is 180 Å². The van der Waals surface area contributed by atoms with Crippen molar-refractivity contribution < 1.29 is 23.8 Å². The summed E-state index contributed by atoms with van der Waals surface area (Å²) in [5.41, 5.74) is -0.336. The Morgan fingerprint density at radius 2 is 1.67 bits per heavy atom. The summed E-state index contributed by atoms with van der Waals surface area (Å²) in [5.74, 6) is 3.63. The van der Waals surface area contributed by atoms with E-state index in [-0.39, 0.29) is 29.4 Å². The largest absolute Gasteiger partial charge is 0.465 e. The molecule has 1 heterocycles. The number of hydrogen-bond donors (Lipinski definition) is 0. The van der Waals surface area contributed by atoms with Crippen LogP contribution >= 0.6 is 0 Å². The second-order valence-corrected chi connectivity index (χ2v) is 11.7. The van der Waals surface area contributed by atoms with Crippen LogP contribution in [0.5, 0.6) is 0 Å². The maximum absolute atomic E-state index is 13.0. The molecule has 0 aromatic rings. The molecule has 4 saturated carbocycles. The summed E-state index contributed by atoms with van der Waals surface area (Å²) in [6.07, 6.45) is 6.24. The minimum Gasteiger partial charge on any atom is -0.465 e. The zero-order valence-corrected chi connectivity index (χ0v) is 19.0. The number of carbonyl (C=O) groups excluding carboxylic acids is 2. The fraction of sp³-hybridized carbons (Fsp3) is 0.920. The lowest BCUT2D eigenvalue weighted by Gasteiger charge is -2.42. The van der Waals surface area contributed by atoms with Gasteiger partial charge in [0.1, 0.15) is 12.7 Å². The number of ether oxygens (including phenoxy) is 3. The SMILES string of the molecule is CCC1(COC(=O)C2CC3CC2C2C4CC(OC(=O)C(C)(C)CC)C(C4)C32)COC1. The van der Waals surface area contributed by atoms with Crippen LogP contribution in [0.4, 0.5) is 0 Å². The van der Waals surface area contributed by atoms with Crippen molar-refractivity contribution in [2.24, 2.45) is 52.3 Å². The quantitative estimate of drug-likeness (QED) is 0.457. The molecule has 30 heavy (non-hydrogen) atoms. The van der Waals surface area contributed by atoms with Gasteiger partial charge in [0.25, 0.3) is 0 Å². The van der Waals surface area contributed by atoms with Crippen molar-refractivity contribution >= 4 is 11.9 Å². The van der Waals surface area contributed by atoms with Gasteiger partial charge in [0.05, 0.1) is 30.0 Å². The molecule has 0 aromatic carbocycles. The van der Waals surface area contributed by atoms with Crippen molar-refractivity contribution in [3.8, 4) is 0 Å². The standard InChI is InChI=1S/C25H38O5/c1-5-24(3,4)23(27)30-19-10-15-9-18(19)21-14-7-16(20(15)21)17(8-14)22(26)29-13-25(6-2)11-28-12-25/h14-21H,5-13H2,1-4H3. The molecule has 8 unspecified atom stereocenters. The van der Waals surface area contributed by atoms with E-state index in [4.69, 9.17) is 14.2 Å². The number of hydrogen-bond acceptors (Lipinski definition) is 5. The third-order valence-electron chi connectivity index (χ3n) is 9.84. The summed E-state index contributed by atoms with van der Waals surface area (Å²) in [6.45, 7) is 10.1. The van der Waals surface area contributed by atoms with E-state index in [0.29, 0.717) is 42.1 Å². The molecule has 0 spiro atoms. The van der Waals surface area contributed by atoms with Gasteiger partial charge in [-0.15, -0.1) is 0 Å². The highest BCUT2D eigenvalue weighted by Crippen LogP contribution is 2.69. The van der Waals surface area contributed by atoms with Crippen LogP contribution in [-0.2, 0) is 23.8 Å². The Balaban J connectivity index is 1.20. The van der Waals surface area contributed by atoms with Gasteiger partial charge in [0.15, 0.2) is 0 Å². The van der Waals surface area contributed by atoms with E-state index < -0.39 is 5.41 Å². The molecule has 0 radical (unpaired) electrons. The van der Waals surface area contributed by atoms with Crippen molar-refractivity contribution in [2.75, 3.05) is 19.8 Å². The molecule has 0 N–H and O–H groups in total. The monoisotopic (exact) mass is 418 g/mol. The van der Waals surface area contributed by atoms with E-state index in [0.717, 1.165) is 38.9 Å². The van der Waals surface area contributed by atoms with Gasteiger partial charge in [-0.1, -0.05) is 13.8 Å². The lowest BCUT2D eigenvalue weighted by molar-refractivity contribution is -0.176. The molecular weight excluding hydrogens is 380 g/mol. The second-order valence-electron chi connectivity index (χ2n) is 11.7. The molecule has 1 aliphatic heterocycles. The third kappa shape index (κ3) is 3.05. The first-order valence-corrected chi connectivity index (χ1v) is 12.2. The van der Waals surface area contributed by atoms with Gasteiger partial charge >= 0.3 is 11.9 Å². The molecule has 0 aromatic heterocycles. The van der Waals surface area contributed by atoms with Crippen LogP contribution in [0.15, 0.2) is 0 Å². The third-order valence-corrected chi connectivity index (χ3v) is 9.84. The van der Waals surface area contributed by atoms with Crippen LogP contribution in [0.1, 0.15) is 66.2 Å². The van der Waals surface area contributed by atoms with Gasteiger partial charge < -0.3 is 14.2 Å². The predicted octanol–water partition coefficient (Wildman–Crippen LogP) is 4.23. The van der Waals surface area contributed by atoms with Gasteiger partial charge in [-0.05, 0) is 87.9 Å².